The average Bonchev–Trinajstić information content (AvgIpc) is 2.85. The van der Waals surface area contributed by atoms with Gasteiger partial charge in [0.25, 0.3) is 0 Å². The van der Waals surface area contributed by atoms with Crippen LogP contribution >= 0.6 is 0 Å². The maximum Gasteiger partial charge on any atom is 0.433 e. The minimum absolute atomic E-state index is 0.132. The second-order valence-electron chi connectivity index (χ2n) is 3.60. The second-order valence-corrected chi connectivity index (χ2v) is 3.60. The minimum atomic E-state index is -4.41. The molecule has 0 aliphatic heterocycles. The molecule has 1 saturated carbocycles. The van der Waals surface area contributed by atoms with Crippen molar-refractivity contribution in [3.8, 4) is 0 Å². The minimum Gasteiger partial charge on any atom is -0.367 e. The Kier molecular flexibility index (Phi) is 2.28. The van der Waals surface area contributed by atoms with Crippen LogP contribution in [-0.2, 0) is 6.18 Å². The van der Waals surface area contributed by atoms with E-state index in [9.17, 15) is 13.2 Å². The summed E-state index contributed by atoms with van der Waals surface area (Å²) < 4.78 is 37.1. The standard InChI is InChI=1S/C9H10F3N3/c1-5-13-7(9(10,11)12)4-8(14-5)15-6-2-3-6/h4,6H,2-3H2,1H3,(H,13,14,15). The first-order chi connectivity index (χ1) is 6.95. The Morgan fingerprint density at radius 1 is 1.33 bits per heavy atom. The largest absolute Gasteiger partial charge is 0.433 e. The van der Waals surface area contributed by atoms with Gasteiger partial charge in [0, 0.05) is 12.1 Å². The summed E-state index contributed by atoms with van der Waals surface area (Å²) in [7, 11) is 0. The zero-order chi connectivity index (χ0) is 11.1. The first-order valence-corrected chi connectivity index (χ1v) is 4.64. The molecule has 15 heavy (non-hydrogen) atoms. The van der Waals surface area contributed by atoms with Crippen molar-refractivity contribution in [1.82, 2.24) is 9.97 Å². The lowest BCUT2D eigenvalue weighted by Gasteiger charge is -2.09. The van der Waals surface area contributed by atoms with Crippen LogP contribution in [0.4, 0.5) is 19.0 Å². The van der Waals surface area contributed by atoms with Gasteiger partial charge in [0.1, 0.15) is 17.3 Å². The van der Waals surface area contributed by atoms with Crippen LogP contribution in [0.5, 0.6) is 0 Å². The smallest absolute Gasteiger partial charge is 0.367 e. The highest BCUT2D eigenvalue weighted by Gasteiger charge is 2.33. The predicted molar refractivity (Wildman–Crippen MR) is 48.4 cm³/mol. The Bertz CT molecular complexity index is 371. The highest BCUT2D eigenvalue weighted by Crippen LogP contribution is 2.30. The van der Waals surface area contributed by atoms with E-state index < -0.39 is 11.9 Å². The van der Waals surface area contributed by atoms with Crippen LogP contribution in [0.1, 0.15) is 24.4 Å². The number of rotatable bonds is 2. The van der Waals surface area contributed by atoms with Crippen molar-refractivity contribution in [3.63, 3.8) is 0 Å². The van der Waals surface area contributed by atoms with Gasteiger partial charge in [-0.25, -0.2) is 9.97 Å². The quantitative estimate of drug-likeness (QED) is 0.826. The Hall–Kier alpha value is -1.33. The Morgan fingerprint density at radius 2 is 2.00 bits per heavy atom. The number of hydrogen-bond acceptors (Lipinski definition) is 3. The summed E-state index contributed by atoms with van der Waals surface area (Å²) in [5, 5.41) is 2.92. The fourth-order valence-electron chi connectivity index (χ4n) is 1.22. The van der Waals surface area contributed by atoms with E-state index in [-0.39, 0.29) is 17.7 Å². The SMILES string of the molecule is Cc1nc(NC2CC2)cc(C(F)(F)F)n1. The third kappa shape index (κ3) is 2.57. The third-order valence-corrected chi connectivity index (χ3v) is 2.06. The van der Waals surface area contributed by atoms with Gasteiger partial charge < -0.3 is 5.32 Å². The number of nitrogens with zero attached hydrogens (tertiary/aromatic N) is 2. The molecular formula is C9H10F3N3. The molecule has 6 heteroatoms. The zero-order valence-corrected chi connectivity index (χ0v) is 8.10. The number of alkyl halides is 3. The Balaban J connectivity index is 2.27. The first-order valence-electron chi connectivity index (χ1n) is 4.64. The molecule has 0 atom stereocenters. The molecule has 1 aromatic rings. The monoisotopic (exact) mass is 217 g/mol. The molecule has 0 saturated heterocycles. The highest BCUT2D eigenvalue weighted by atomic mass is 19.4. The van der Waals surface area contributed by atoms with Crippen molar-refractivity contribution in [1.29, 1.82) is 0 Å². The molecule has 0 amide bonds. The number of aromatic nitrogens is 2. The zero-order valence-electron chi connectivity index (χ0n) is 8.10. The van der Waals surface area contributed by atoms with Crippen LogP contribution < -0.4 is 5.32 Å². The van der Waals surface area contributed by atoms with E-state index in [0.717, 1.165) is 18.9 Å². The summed E-state index contributed by atoms with van der Waals surface area (Å²) in [6.07, 6.45) is -2.43. The van der Waals surface area contributed by atoms with Crippen molar-refractivity contribution < 1.29 is 13.2 Å². The molecule has 0 bridgehead atoms. The highest BCUT2D eigenvalue weighted by molar-refractivity contribution is 5.39. The van der Waals surface area contributed by atoms with E-state index in [1.807, 2.05) is 0 Å². The molecule has 1 aliphatic carbocycles. The van der Waals surface area contributed by atoms with Crippen molar-refractivity contribution in [2.75, 3.05) is 5.32 Å². The Labute approximate surface area is 84.7 Å². The van der Waals surface area contributed by atoms with Gasteiger partial charge in [0.2, 0.25) is 0 Å². The van der Waals surface area contributed by atoms with E-state index in [2.05, 4.69) is 15.3 Å². The molecule has 0 spiro atoms. The summed E-state index contributed by atoms with van der Waals surface area (Å²) in [5.41, 5.74) is -0.891. The van der Waals surface area contributed by atoms with E-state index in [1.54, 1.807) is 0 Å². The van der Waals surface area contributed by atoms with Crippen LogP contribution in [0.3, 0.4) is 0 Å². The van der Waals surface area contributed by atoms with Gasteiger partial charge in [-0.1, -0.05) is 0 Å². The summed E-state index contributed by atoms with van der Waals surface area (Å²) in [6.45, 7) is 1.45. The number of aryl methyl sites for hydroxylation is 1. The fraction of sp³-hybridized carbons (Fsp3) is 0.556. The van der Waals surface area contributed by atoms with Crippen molar-refractivity contribution in [3.05, 3.63) is 17.6 Å². The van der Waals surface area contributed by atoms with E-state index >= 15 is 0 Å². The molecule has 0 aromatic carbocycles. The van der Waals surface area contributed by atoms with Crippen LogP contribution in [0.25, 0.3) is 0 Å². The predicted octanol–water partition coefficient (Wildman–Crippen LogP) is 2.38. The Morgan fingerprint density at radius 3 is 2.53 bits per heavy atom. The van der Waals surface area contributed by atoms with Crippen molar-refractivity contribution in [2.45, 2.75) is 32.0 Å². The maximum absolute atomic E-state index is 12.4. The molecule has 1 aliphatic rings. The van der Waals surface area contributed by atoms with Gasteiger partial charge in [-0.2, -0.15) is 13.2 Å². The molecule has 1 aromatic heterocycles. The third-order valence-electron chi connectivity index (χ3n) is 2.06. The summed E-state index contributed by atoms with van der Waals surface area (Å²) in [5.74, 6) is 0.394. The van der Waals surface area contributed by atoms with Crippen molar-refractivity contribution >= 4 is 5.82 Å². The summed E-state index contributed by atoms with van der Waals surface area (Å²) >= 11 is 0. The van der Waals surface area contributed by atoms with Crippen LogP contribution in [0.2, 0.25) is 0 Å². The molecule has 0 unspecified atom stereocenters. The normalized spacial score (nSPS) is 16.5. The average molecular weight is 217 g/mol. The number of anilines is 1. The van der Waals surface area contributed by atoms with Crippen molar-refractivity contribution in [2.24, 2.45) is 0 Å². The molecule has 1 heterocycles. The van der Waals surface area contributed by atoms with Crippen LogP contribution in [0.15, 0.2) is 6.07 Å². The summed E-state index contributed by atoms with van der Waals surface area (Å²) in [6, 6.07) is 1.23. The van der Waals surface area contributed by atoms with Gasteiger partial charge in [-0.15, -0.1) is 0 Å². The van der Waals surface area contributed by atoms with E-state index in [1.165, 1.54) is 6.92 Å². The molecule has 3 nitrogen and oxygen atoms in total. The van der Waals surface area contributed by atoms with Crippen LogP contribution in [-0.4, -0.2) is 16.0 Å². The van der Waals surface area contributed by atoms with Gasteiger partial charge in [0.05, 0.1) is 0 Å². The van der Waals surface area contributed by atoms with Gasteiger partial charge in [0.15, 0.2) is 0 Å². The van der Waals surface area contributed by atoms with Crippen LogP contribution in [0, 0.1) is 6.92 Å². The lowest BCUT2D eigenvalue weighted by atomic mass is 10.3. The second kappa shape index (κ2) is 3.36. The molecule has 82 valence electrons. The molecular weight excluding hydrogens is 207 g/mol. The summed E-state index contributed by atoms with van der Waals surface area (Å²) in [4.78, 5) is 7.26. The molecule has 2 rings (SSSR count). The van der Waals surface area contributed by atoms with Gasteiger partial charge in [-0.05, 0) is 19.8 Å². The van der Waals surface area contributed by atoms with E-state index in [0.29, 0.717) is 0 Å². The number of nitrogens with one attached hydrogen (secondary N) is 1. The lowest BCUT2D eigenvalue weighted by molar-refractivity contribution is -0.141. The molecule has 1 fully saturated rings. The maximum atomic E-state index is 12.4. The number of halogens is 3. The van der Waals surface area contributed by atoms with Gasteiger partial charge in [-0.3, -0.25) is 0 Å². The molecule has 0 radical (unpaired) electrons. The molecule has 1 N–H and O–H groups in total. The number of hydrogen-bond donors (Lipinski definition) is 1. The van der Waals surface area contributed by atoms with Gasteiger partial charge >= 0.3 is 6.18 Å². The topological polar surface area (TPSA) is 37.8 Å². The lowest BCUT2D eigenvalue weighted by Crippen LogP contribution is -2.12. The fourth-order valence-corrected chi connectivity index (χ4v) is 1.22. The van der Waals surface area contributed by atoms with E-state index in [4.69, 9.17) is 0 Å². The first kappa shape index (κ1) is 10.2.